The van der Waals surface area contributed by atoms with Gasteiger partial charge in [-0.2, -0.15) is 4.99 Å². The Balaban J connectivity index is 1.99. The van der Waals surface area contributed by atoms with E-state index in [1.807, 2.05) is 31.6 Å². The first kappa shape index (κ1) is 13.0. The molecule has 0 N–H and O–H groups in total. The molecule has 102 valence electrons. The fourth-order valence-electron chi connectivity index (χ4n) is 1.67. The summed E-state index contributed by atoms with van der Waals surface area (Å²) in [5.74, 6) is 0.341. The molecule has 3 aromatic heterocycles. The third-order valence-electron chi connectivity index (χ3n) is 2.69. The van der Waals surface area contributed by atoms with Crippen LogP contribution in [0.2, 0.25) is 0 Å². The molecule has 0 aliphatic heterocycles. The number of rotatable bonds is 2. The first-order chi connectivity index (χ1) is 9.65. The minimum absolute atomic E-state index is 0.324. The van der Waals surface area contributed by atoms with E-state index in [-0.39, 0.29) is 5.91 Å². The summed E-state index contributed by atoms with van der Waals surface area (Å²) in [4.78, 5) is 22.1. The molecule has 0 radical (unpaired) electrons. The quantitative estimate of drug-likeness (QED) is 0.731. The Kier molecular flexibility index (Phi) is 3.37. The lowest BCUT2D eigenvalue weighted by Gasteiger charge is -1.91. The van der Waals surface area contributed by atoms with Crippen LogP contribution in [-0.4, -0.2) is 15.5 Å². The van der Waals surface area contributed by atoms with Crippen LogP contribution in [0.15, 0.2) is 39.4 Å². The fraction of sp³-hybridized carbons (Fsp3) is 0.154. The molecular weight excluding hydrogens is 294 g/mol. The maximum atomic E-state index is 12.2. The molecule has 3 aromatic rings. The Morgan fingerprint density at radius 2 is 2.35 bits per heavy atom. The van der Waals surface area contributed by atoms with Crippen LogP contribution in [0.25, 0.3) is 10.8 Å². The molecule has 20 heavy (non-hydrogen) atoms. The zero-order valence-corrected chi connectivity index (χ0v) is 12.5. The second kappa shape index (κ2) is 5.18. The number of thiazole rings is 2. The summed E-state index contributed by atoms with van der Waals surface area (Å²) in [6, 6.07) is 3.62. The number of hydrogen-bond donors (Lipinski definition) is 0. The maximum absolute atomic E-state index is 12.2. The number of carbonyl (C=O) groups excluding carboxylic acids is 1. The number of furan rings is 1. The summed E-state index contributed by atoms with van der Waals surface area (Å²) < 4.78 is 7.10. The van der Waals surface area contributed by atoms with Crippen LogP contribution < -0.4 is 4.80 Å². The van der Waals surface area contributed by atoms with Gasteiger partial charge in [0.1, 0.15) is 5.69 Å². The summed E-state index contributed by atoms with van der Waals surface area (Å²) >= 11 is 2.84. The predicted octanol–water partition coefficient (Wildman–Crippen LogP) is 2.85. The van der Waals surface area contributed by atoms with Crippen molar-refractivity contribution in [1.82, 2.24) is 9.55 Å². The van der Waals surface area contributed by atoms with Crippen molar-refractivity contribution < 1.29 is 9.21 Å². The van der Waals surface area contributed by atoms with E-state index in [1.165, 1.54) is 22.7 Å². The minimum atomic E-state index is -0.324. The van der Waals surface area contributed by atoms with Gasteiger partial charge in [-0.25, -0.2) is 4.98 Å². The van der Waals surface area contributed by atoms with E-state index in [0.29, 0.717) is 21.3 Å². The van der Waals surface area contributed by atoms with Gasteiger partial charge in [0, 0.05) is 23.5 Å². The smallest absolute Gasteiger partial charge is 0.299 e. The largest absolute Gasteiger partial charge is 0.462 e. The van der Waals surface area contributed by atoms with Crippen molar-refractivity contribution in [3.05, 3.63) is 45.3 Å². The van der Waals surface area contributed by atoms with Crippen LogP contribution in [0.5, 0.6) is 0 Å². The average Bonchev–Trinajstić information content (AvgIpc) is 3.11. The standard InChI is InChI=1S/C13H11N3O2S2/c1-8-10(11(17)15-13-16(2)5-7-19-13)14-12(20-8)9-4-3-6-18-9/h3-7H,1-2H3. The number of carbonyl (C=O) groups is 1. The molecular formula is C13H11N3O2S2. The molecule has 3 heterocycles. The highest BCUT2D eigenvalue weighted by Gasteiger charge is 2.17. The highest BCUT2D eigenvalue weighted by Crippen LogP contribution is 2.28. The zero-order valence-electron chi connectivity index (χ0n) is 10.9. The topological polar surface area (TPSA) is 60.4 Å². The molecule has 0 fully saturated rings. The van der Waals surface area contributed by atoms with Crippen LogP contribution in [-0.2, 0) is 7.05 Å². The molecule has 7 heteroatoms. The number of hydrogen-bond acceptors (Lipinski definition) is 5. The summed E-state index contributed by atoms with van der Waals surface area (Å²) in [6.07, 6.45) is 3.45. The van der Waals surface area contributed by atoms with E-state index < -0.39 is 0 Å². The minimum Gasteiger partial charge on any atom is -0.462 e. The number of aryl methyl sites for hydroxylation is 2. The molecule has 0 bridgehead atoms. The van der Waals surface area contributed by atoms with Gasteiger partial charge >= 0.3 is 0 Å². The number of nitrogens with zero attached hydrogens (tertiary/aromatic N) is 3. The van der Waals surface area contributed by atoms with Gasteiger partial charge < -0.3 is 8.98 Å². The van der Waals surface area contributed by atoms with Gasteiger partial charge in [-0.15, -0.1) is 22.7 Å². The third-order valence-corrected chi connectivity index (χ3v) is 4.52. The summed E-state index contributed by atoms with van der Waals surface area (Å²) in [5.41, 5.74) is 0.384. The molecule has 0 aliphatic rings. The van der Waals surface area contributed by atoms with E-state index in [0.717, 1.165) is 4.88 Å². The molecule has 0 aliphatic carbocycles. The van der Waals surface area contributed by atoms with Crippen molar-refractivity contribution in [1.29, 1.82) is 0 Å². The Morgan fingerprint density at radius 3 is 3.00 bits per heavy atom. The summed E-state index contributed by atoms with van der Waals surface area (Å²) in [6.45, 7) is 1.86. The lowest BCUT2D eigenvalue weighted by atomic mass is 10.3. The Hall–Kier alpha value is -1.99. The molecule has 0 atom stereocenters. The summed E-state index contributed by atoms with van der Waals surface area (Å²) in [7, 11) is 1.85. The Bertz CT molecular complexity index is 809. The highest BCUT2D eigenvalue weighted by molar-refractivity contribution is 7.15. The van der Waals surface area contributed by atoms with Crippen molar-refractivity contribution in [2.75, 3.05) is 0 Å². The molecule has 5 nitrogen and oxygen atoms in total. The second-order valence-corrected chi connectivity index (χ2v) is 6.19. The first-order valence-electron chi connectivity index (χ1n) is 5.85. The van der Waals surface area contributed by atoms with E-state index in [9.17, 15) is 4.79 Å². The van der Waals surface area contributed by atoms with Gasteiger partial charge in [-0.1, -0.05) is 0 Å². The van der Waals surface area contributed by atoms with Gasteiger partial charge in [-0.3, -0.25) is 4.79 Å². The third kappa shape index (κ3) is 2.37. The average molecular weight is 305 g/mol. The van der Waals surface area contributed by atoms with Crippen molar-refractivity contribution >= 4 is 28.6 Å². The van der Waals surface area contributed by atoms with Gasteiger partial charge in [0.25, 0.3) is 5.91 Å². The van der Waals surface area contributed by atoms with Crippen LogP contribution in [0.1, 0.15) is 15.4 Å². The van der Waals surface area contributed by atoms with E-state index in [4.69, 9.17) is 4.42 Å². The van der Waals surface area contributed by atoms with Gasteiger partial charge in [0.2, 0.25) is 0 Å². The van der Waals surface area contributed by atoms with Crippen molar-refractivity contribution in [2.24, 2.45) is 12.0 Å². The molecule has 0 aromatic carbocycles. The van der Waals surface area contributed by atoms with E-state index in [2.05, 4.69) is 9.98 Å². The monoisotopic (exact) mass is 305 g/mol. The first-order valence-corrected chi connectivity index (χ1v) is 7.55. The van der Waals surface area contributed by atoms with Crippen LogP contribution in [0.3, 0.4) is 0 Å². The maximum Gasteiger partial charge on any atom is 0.299 e. The lowest BCUT2D eigenvalue weighted by molar-refractivity contribution is 0.0993. The normalized spacial score (nSPS) is 12.0. The molecule has 0 saturated heterocycles. The predicted molar refractivity (Wildman–Crippen MR) is 77.7 cm³/mol. The number of aromatic nitrogens is 2. The van der Waals surface area contributed by atoms with E-state index >= 15 is 0 Å². The number of amides is 1. The van der Waals surface area contributed by atoms with Crippen molar-refractivity contribution in [3.8, 4) is 10.8 Å². The molecule has 0 saturated carbocycles. The van der Waals surface area contributed by atoms with Gasteiger partial charge in [-0.05, 0) is 19.1 Å². The van der Waals surface area contributed by atoms with Crippen molar-refractivity contribution in [3.63, 3.8) is 0 Å². The van der Waals surface area contributed by atoms with Crippen molar-refractivity contribution in [2.45, 2.75) is 6.92 Å². The molecule has 0 spiro atoms. The van der Waals surface area contributed by atoms with Crippen LogP contribution in [0, 0.1) is 6.92 Å². The molecule has 3 rings (SSSR count). The van der Waals surface area contributed by atoms with Crippen LogP contribution >= 0.6 is 22.7 Å². The Morgan fingerprint density at radius 1 is 1.50 bits per heavy atom. The fourth-order valence-corrected chi connectivity index (χ4v) is 3.28. The SMILES string of the molecule is Cc1sc(-c2ccco2)nc1C(=O)N=c1sccn1C. The summed E-state index contributed by atoms with van der Waals surface area (Å²) in [5, 5.41) is 2.58. The molecule has 1 amide bonds. The highest BCUT2D eigenvalue weighted by atomic mass is 32.1. The zero-order chi connectivity index (χ0) is 14.1. The van der Waals surface area contributed by atoms with Gasteiger partial charge in [0.05, 0.1) is 6.26 Å². The lowest BCUT2D eigenvalue weighted by Crippen LogP contribution is -2.13. The van der Waals surface area contributed by atoms with Gasteiger partial charge in [0.15, 0.2) is 15.6 Å². The van der Waals surface area contributed by atoms with E-state index in [1.54, 1.807) is 16.9 Å². The Labute approximate surface area is 122 Å². The molecule has 0 unspecified atom stereocenters. The second-order valence-electron chi connectivity index (χ2n) is 4.11. The van der Waals surface area contributed by atoms with Crippen LogP contribution in [0.4, 0.5) is 0 Å².